The van der Waals surface area contributed by atoms with Gasteiger partial charge in [-0.15, -0.1) is 6.58 Å². The number of carbonyl (C=O) groups is 2. The highest BCUT2D eigenvalue weighted by Gasteiger charge is 2.11. The Morgan fingerprint density at radius 2 is 1.81 bits per heavy atom. The molecule has 2 aromatic rings. The van der Waals surface area contributed by atoms with Crippen molar-refractivity contribution in [1.82, 2.24) is 5.32 Å². The van der Waals surface area contributed by atoms with E-state index >= 15 is 0 Å². The Balaban J connectivity index is 2.14. The van der Waals surface area contributed by atoms with Gasteiger partial charge >= 0.3 is 5.97 Å². The largest absolute Gasteiger partial charge is 0.468 e. The van der Waals surface area contributed by atoms with Crippen LogP contribution in [0.1, 0.15) is 48.0 Å². The molecule has 0 radical (unpaired) electrons. The fourth-order valence-electron chi connectivity index (χ4n) is 2.81. The van der Waals surface area contributed by atoms with Crippen molar-refractivity contribution in [3.8, 4) is 11.5 Å². The van der Waals surface area contributed by atoms with E-state index in [-0.39, 0.29) is 12.4 Å². The first-order valence-corrected chi connectivity index (χ1v) is 10.2. The molecular formula is C25H28FNO4. The Kier molecular flexibility index (Phi) is 10.0. The lowest BCUT2D eigenvalue weighted by molar-refractivity contribution is -0.139. The monoisotopic (exact) mass is 425 g/mol. The van der Waals surface area contributed by atoms with Crippen LogP contribution in [0.15, 0.2) is 61.2 Å². The van der Waals surface area contributed by atoms with Crippen molar-refractivity contribution >= 4 is 18.0 Å². The van der Waals surface area contributed by atoms with Crippen LogP contribution < -0.4 is 10.1 Å². The number of halogens is 1. The van der Waals surface area contributed by atoms with Crippen molar-refractivity contribution in [1.29, 1.82) is 0 Å². The summed E-state index contributed by atoms with van der Waals surface area (Å²) in [5.41, 5.74) is 1.10. The molecule has 1 amide bonds. The molecule has 6 heteroatoms. The van der Waals surface area contributed by atoms with Gasteiger partial charge in [0.1, 0.15) is 23.9 Å². The second kappa shape index (κ2) is 13.0. The lowest BCUT2D eigenvalue weighted by atomic mass is 10.1. The van der Waals surface area contributed by atoms with Gasteiger partial charge in [0, 0.05) is 11.1 Å². The van der Waals surface area contributed by atoms with Gasteiger partial charge in [-0.05, 0) is 68.1 Å². The van der Waals surface area contributed by atoms with Gasteiger partial charge in [0.05, 0.1) is 7.11 Å². The maximum Gasteiger partial charge on any atom is 0.325 e. The smallest absolute Gasteiger partial charge is 0.325 e. The Morgan fingerprint density at radius 3 is 2.52 bits per heavy atom. The number of allylic oxidation sites excluding steroid dienone is 2. The molecule has 0 aliphatic heterocycles. The maximum absolute atomic E-state index is 13.2. The van der Waals surface area contributed by atoms with Crippen LogP contribution in [0, 0.1) is 5.82 Å². The SMILES string of the molecule is C=CCCCCC/C=C\c1cc(C(=O)NCC(=O)OC)ccc1Oc1ccc(F)cc1. The third kappa shape index (κ3) is 8.46. The van der Waals surface area contributed by atoms with Gasteiger partial charge in [-0.3, -0.25) is 9.59 Å². The molecule has 1 N–H and O–H groups in total. The Labute approximate surface area is 182 Å². The number of benzene rings is 2. The molecule has 2 rings (SSSR count). The van der Waals surface area contributed by atoms with Crippen LogP contribution in [0.2, 0.25) is 0 Å². The lowest BCUT2D eigenvalue weighted by Crippen LogP contribution is -2.30. The number of ether oxygens (including phenoxy) is 2. The summed E-state index contributed by atoms with van der Waals surface area (Å²) in [5.74, 6) is -0.233. The van der Waals surface area contributed by atoms with Gasteiger partial charge in [0.2, 0.25) is 0 Å². The van der Waals surface area contributed by atoms with E-state index in [9.17, 15) is 14.0 Å². The Bertz CT molecular complexity index is 906. The molecule has 31 heavy (non-hydrogen) atoms. The minimum atomic E-state index is -0.527. The molecule has 2 aromatic carbocycles. The second-order valence-electron chi connectivity index (χ2n) is 6.90. The van der Waals surface area contributed by atoms with Crippen LogP contribution in [0.4, 0.5) is 4.39 Å². The van der Waals surface area contributed by atoms with Gasteiger partial charge in [0.15, 0.2) is 0 Å². The van der Waals surface area contributed by atoms with Crippen molar-refractivity contribution in [2.45, 2.75) is 32.1 Å². The number of hydrogen-bond donors (Lipinski definition) is 1. The first-order valence-electron chi connectivity index (χ1n) is 10.2. The Morgan fingerprint density at radius 1 is 1.06 bits per heavy atom. The number of esters is 1. The molecule has 0 heterocycles. The molecule has 5 nitrogen and oxygen atoms in total. The summed E-state index contributed by atoms with van der Waals surface area (Å²) >= 11 is 0. The van der Waals surface area contributed by atoms with E-state index in [0.717, 1.165) is 32.1 Å². The zero-order valence-corrected chi connectivity index (χ0v) is 17.7. The highest BCUT2D eigenvalue weighted by molar-refractivity contribution is 5.96. The molecule has 0 aliphatic rings. The van der Waals surface area contributed by atoms with Crippen LogP contribution in [0.25, 0.3) is 6.08 Å². The van der Waals surface area contributed by atoms with Gasteiger partial charge in [-0.2, -0.15) is 0 Å². The number of amides is 1. The van der Waals surface area contributed by atoms with E-state index in [1.165, 1.54) is 19.2 Å². The number of methoxy groups -OCH3 is 1. The Hall–Kier alpha value is -3.41. The fourth-order valence-corrected chi connectivity index (χ4v) is 2.81. The van der Waals surface area contributed by atoms with E-state index in [1.54, 1.807) is 30.3 Å². The summed E-state index contributed by atoms with van der Waals surface area (Å²) < 4.78 is 23.6. The molecule has 0 aromatic heterocycles. The minimum absolute atomic E-state index is 0.209. The van der Waals surface area contributed by atoms with E-state index in [2.05, 4.69) is 16.6 Å². The normalized spacial score (nSPS) is 10.6. The zero-order chi connectivity index (χ0) is 22.5. The van der Waals surface area contributed by atoms with Crippen LogP contribution in [0.3, 0.4) is 0 Å². The zero-order valence-electron chi connectivity index (χ0n) is 17.7. The van der Waals surface area contributed by atoms with E-state index in [1.807, 2.05) is 18.2 Å². The highest BCUT2D eigenvalue weighted by Crippen LogP contribution is 2.28. The van der Waals surface area contributed by atoms with Crippen LogP contribution in [-0.4, -0.2) is 25.5 Å². The van der Waals surface area contributed by atoms with Gasteiger partial charge in [0.25, 0.3) is 5.91 Å². The highest BCUT2D eigenvalue weighted by atomic mass is 19.1. The molecule has 164 valence electrons. The average Bonchev–Trinajstić information content (AvgIpc) is 2.78. The predicted molar refractivity (Wildman–Crippen MR) is 120 cm³/mol. The standard InChI is InChI=1S/C25H28FNO4/c1-3-4-5-6-7-8-9-10-19-17-20(25(29)27-18-24(28)30-2)11-16-23(19)31-22-14-12-21(26)13-15-22/h3,9-17H,1,4-8,18H2,2H3,(H,27,29)/b10-9-. The van der Waals surface area contributed by atoms with Crippen molar-refractivity contribution in [3.05, 3.63) is 78.1 Å². The molecule has 0 atom stereocenters. The third-order valence-corrected chi connectivity index (χ3v) is 4.51. The molecule has 0 saturated heterocycles. The summed E-state index contributed by atoms with van der Waals surface area (Å²) in [6.07, 6.45) is 11.1. The number of rotatable bonds is 12. The predicted octanol–water partition coefficient (Wildman–Crippen LogP) is 5.67. The average molecular weight is 426 g/mol. The number of carbonyl (C=O) groups excluding carboxylic acids is 2. The topological polar surface area (TPSA) is 64.6 Å². The molecule has 0 unspecified atom stereocenters. The maximum atomic E-state index is 13.2. The summed E-state index contributed by atoms with van der Waals surface area (Å²) in [5, 5.41) is 2.52. The number of hydrogen-bond acceptors (Lipinski definition) is 4. The first kappa shape index (κ1) is 23.9. The van der Waals surface area contributed by atoms with Gasteiger partial charge in [-0.25, -0.2) is 4.39 Å². The van der Waals surface area contributed by atoms with E-state index in [4.69, 9.17) is 4.74 Å². The second-order valence-corrected chi connectivity index (χ2v) is 6.90. The van der Waals surface area contributed by atoms with Gasteiger partial charge in [-0.1, -0.05) is 24.6 Å². The molecule has 0 spiro atoms. The number of nitrogens with one attached hydrogen (secondary N) is 1. The van der Waals surface area contributed by atoms with Crippen molar-refractivity contribution in [2.24, 2.45) is 0 Å². The van der Waals surface area contributed by atoms with Crippen molar-refractivity contribution in [2.75, 3.05) is 13.7 Å². The molecular weight excluding hydrogens is 397 g/mol. The summed E-state index contributed by atoms with van der Waals surface area (Å²) in [6, 6.07) is 10.7. The lowest BCUT2D eigenvalue weighted by Gasteiger charge is -2.11. The van der Waals surface area contributed by atoms with Crippen LogP contribution in [0.5, 0.6) is 11.5 Å². The fraction of sp³-hybridized carbons (Fsp3) is 0.280. The quantitative estimate of drug-likeness (QED) is 0.270. The number of unbranched alkanes of at least 4 members (excludes halogenated alkanes) is 4. The molecule has 0 aliphatic carbocycles. The summed E-state index contributed by atoms with van der Waals surface area (Å²) in [4.78, 5) is 23.6. The molecule has 0 bridgehead atoms. The summed E-state index contributed by atoms with van der Waals surface area (Å²) in [6.45, 7) is 3.52. The van der Waals surface area contributed by atoms with Crippen LogP contribution in [-0.2, 0) is 9.53 Å². The van der Waals surface area contributed by atoms with Crippen molar-refractivity contribution < 1.29 is 23.5 Å². The molecule has 0 fully saturated rings. The minimum Gasteiger partial charge on any atom is -0.468 e. The van der Waals surface area contributed by atoms with E-state index < -0.39 is 11.9 Å². The van der Waals surface area contributed by atoms with Gasteiger partial charge < -0.3 is 14.8 Å². The molecule has 0 saturated carbocycles. The van der Waals surface area contributed by atoms with Crippen molar-refractivity contribution in [3.63, 3.8) is 0 Å². The third-order valence-electron chi connectivity index (χ3n) is 4.51. The van der Waals surface area contributed by atoms with Crippen LogP contribution >= 0.6 is 0 Å². The summed E-state index contributed by atoms with van der Waals surface area (Å²) in [7, 11) is 1.26. The first-order chi connectivity index (χ1) is 15.0. The van der Waals surface area contributed by atoms with E-state index in [0.29, 0.717) is 22.6 Å².